The van der Waals surface area contributed by atoms with Gasteiger partial charge in [0.15, 0.2) is 0 Å². The van der Waals surface area contributed by atoms with Crippen LogP contribution < -0.4 is 10.2 Å². The molecule has 0 atom stereocenters. The molecule has 2 rings (SSSR count). The second kappa shape index (κ2) is 10.0. The number of nitrogens with one attached hydrogen (secondary N) is 1. The molecule has 6 nitrogen and oxygen atoms in total. The molecule has 0 aliphatic heterocycles. The minimum absolute atomic E-state index is 0.0618. The molecule has 0 aliphatic rings. The van der Waals surface area contributed by atoms with Crippen molar-refractivity contribution in [2.24, 2.45) is 0 Å². The monoisotopic (exact) mass is 354 g/mol. The minimum atomic E-state index is -0.569. The topological polar surface area (TPSA) is 78.9 Å². The van der Waals surface area contributed by atoms with Crippen molar-refractivity contribution in [3.63, 3.8) is 0 Å². The van der Waals surface area contributed by atoms with Crippen molar-refractivity contribution in [3.8, 4) is 5.75 Å². The fraction of sp³-hybridized carbons (Fsp3) is 0.200. The van der Waals surface area contributed by atoms with Crippen molar-refractivity contribution in [1.82, 2.24) is 10.4 Å². The highest BCUT2D eigenvalue weighted by atomic mass is 16.5. The van der Waals surface area contributed by atoms with Crippen LogP contribution in [0, 0.1) is 0 Å². The van der Waals surface area contributed by atoms with Gasteiger partial charge in [-0.3, -0.25) is 14.8 Å². The summed E-state index contributed by atoms with van der Waals surface area (Å²) in [6.07, 6.45) is 4.03. The Morgan fingerprint density at radius 2 is 1.81 bits per heavy atom. The van der Waals surface area contributed by atoms with Gasteiger partial charge in [-0.25, -0.2) is 5.48 Å². The lowest BCUT2D eigenvalue weighted by Crippen LogP contribution is -2.26. The average molecular weight is 354 g/mol. The number of hydrogen-bond acceptors (Lipinski definition) is 4. The van der Waals surface area contributed by atoms with Gasteiger partial charge >= 0.3 is 0 Å². The molecular weight excluding hydrogens is 332 g/mol. The summed E-state index contributed by atoms with van der Waals surface area (Å²) in [7, 11) is 1.75. The zero-order valence-corrected chi connectivity index (χ0v) is 14.6. The number of likely N-dealkylation sites (N-methyl/N-ethyl adjacent to an activating group) is 1. The second-order valence-electron chi connectivity index (χ2n) is 5.67. The van der Waals surface area contributed by atoms with Gasteiger partial charge in [0.1, 0.15) is 5.75 Å². The molecule has 2 aromatic rings. The maximum Gasteiger partial charge on any atom is 0.274 e. The van der Waals surface area contributed by atoms with Gasteiger partial charge in [-0.1, -0.05) is 30.3 Å². The Morgan fingerprint density at radius 1 is 1.12 bits per heavy atom. The maximum absolute atomic E-state index is 12.1. The highest BCUT2D eigenvalue weighted by Crippen LogP contribution is 2.12. The number of carbonyl (C=O) groups is 2. The van der Waals surface area contributed by atoms with Gasteiger partial charge in [0.05, 0.1) is 6.61 Å². The first-order valence-corrected chi connectivity index (χ1v) is 8.25. The molecule has 0 saturated carbocycles. The first-order chi connectivity index (χ1) is 12.6. The van der Waals surface area contributed by atoms with Gasteiger partial charge in [0.2, 0.25) is 5.91 Å². The fourth-order valence-electron chi connectivity index (χ4n) is 2.23. The third kappa shape index (κ3) is 6.07. The van der Waals surface area contributed by atoms with E-state index in [4.69, 9.17) is 9.94 Å². The molecule has 2 amide bonds. The molecule has 26 heavy (non-hydrogen) atoms. The van der Waals surface area contributed by atoms with E-state index >= 15 is 0 Å². The molecule has 0 aromatic heterocycles. The zero-order valence-electron chi connectivity index (χ0n) is 14.6. The normalized spacial score (nSPS) is 10.5. The van der Waals surface area contributed by atoms with Gasteiger partial charge in [-0.15, -0.1) is 0 Å². The molecule has 0 heterocycles. The van der Waals surface area contributed by atoms with Gasteiger partial charge in [-0.2, -0.15) is 0 Å². The van der Waals surface area contributed by atoms with Crippen molar-refractivity contribution < 1.29 is 19.5 Å². The SMILES string of the molecule is CN(CCCOc1ccc(C(=O)NO)cc1)C(=O)/C=C/c1ccccc1. The van der Waals surface area contributed by atoms with Crippen LogP contribution in [0.1, 0.15) is 22.3 Å². The van der Waals surface area contributed by atoms with Crippen LogP contribution in [0.3, 0.4) is 0 Å². The van der Waals surface area contributed by atoms with E-state index < -0.39 is 5.91 Å². The van der Waals surface area contributed by atoms with Crippen molar-refractivity contribution in [2.45, 2.75) is 6.42 Å². The van der Waals surface area contributed by atoms with E-state index in [1.807, 2.05) is 30.3 Å². The summed E-state index contributed by atoms with van der Waals surface area (Å²) in [4.78, 5) is 24.9. The Labute approximate surface area is 152 Å². The fourth-order valence-corrected chi connectivity index (χ4v) is 2.23. The predicted molar refractivity (Wildman–Crippen MR) is 98.9 cm³/mol. The average Bonchev–Trinajstić information content (AvgIpc) is 2.69. The third-order valence-electron chi connectivity index (χ3n) is 3.72. The van der Waals surface area contributed by atoms with Crippen LogP contribution in [0.4, 0.5) is 0 Å². The summed E-state index contributed by atoms with van der Waals surface area (Å²) >= 11 is 0. The van der Waals surface area contributed by atoms with Crippen LogP contribution >= 0.6 is 0 Å². The van der Waals surface area contributed by atoms with E-state index in [0.29, 0.717) is 30.9 Å². The van der Waals surface area contributed by atoms with Crippen LogP contribution in [0.15, 0.2) is 60.7 Å². The van der Waals surface area contributed by atoms with Crippen LogP contribution in [0.2, 0.25) is 0 Å². The largest absolute Gasteiger partial charge is 0.494 e. The number of hydroxylamine groups is 1. The lowest BCUT2D eigenvalue weighted by Gasteiger charge is -2.15. The summed E-state index contributed by atoms with van der Waals surface area (Å²) in [5.41, 5.74) is 2.90. The zero-order chi connectivity index (χ0) is 18.8. The lowest BCUT2D eigenvalue weighted by atomic mass is 10.2. The van der Waals surface area contributed by atoms with E-state index in [-0.39, 0.29) is 5.91 Å². The Kier molecular flexibility index (Phi) is 7.39. The van der Waals surface area contributed by atoms with E-state index in [1.54, 1.807) is 53.8 Å². The quantitative estimate of drug-likeness (QED) is 0.331. The first kappa shape index (κ1) is 19.2. The first-order valence-electron chi connectivity index (χ1n) is 8.25. The van der Waals surface area contributed by atoms with E-state index in [2.05, 4.69) is 0 Å². The predicted octanol–water partition coefficient (Wildman–Crippen LogP) is 2.75. The van der Waals surface area contributed by atoms with Crippen LogP contribution in [0.25, 0.3) is 6.08 Å². The standard InChI is InChI=1S/C20H22N2O4/c1-22(19(23)13-8-16-6-3-2-4-7-16)14-5-15-26-18-11-9-17(10-12-18)20(24)21-25/h2-4,6-13,25H,5,14-15H2,1H3,(H,21,24)/b13-8+. The molecule has 136 valence electrons. The molecule has 0 bridgehead atoms. The van der Waals surface area contributed by atoms with Crippen molar-refractivity contribution in [2.75, 3.05) is 20.2 Å². The Bertz CT molecular complexity index is 742. The molecule has 0 unspecified atom stereocenters. The number of nitrogens with zero attached hydrogens (tertiary/aromatic N) is 1. The van der Waals surface area contributed by atoms with E-state index in [1.165, 1.54) is 0 Å². The molecule has 2 N–H and O–H groups in total. The Hall–Kier alpha value is -3.12. The molecule has 0 fully saturated rings. The van der Waals surface area contributed by atoms with Crippen molar-refractivity contribution in [1.29, 1.82) is 0 Å². The summed E-state index contributed by atoms with van der Waals surface area (Å²) < 4.78 is 5.58. The van der Waals surface area contributed by atoms with E-state index in [0.717, 1.165) is 5.56 Å². The maximum atomic E-state index is 12.1. The molecular formula is C20H22N2O4. The van der Waals surface area contributed by atoms with Crippen LogP contribution in [-0.2, 0) is 4.79 Å². The van der Waals surface area contributed by atoms with Gasteiger partial charge < -0.3 is 9.64 Å². The molecule has 0 radical (unpaired) electrons. The van der Waals surface area contributed by atoms with Crippen LogP contribution in [-0.4, -0.2) is 42.1 Å². The molecule has 0 saturated heterocycles. The molecule has 0 aliphatic carbocycles. The number of hydrogen-bond donors (Lipinski definition) is 2. The number of rotatable bonds is 8. The van der Waals surface area contributed by atoms with Gasteiger partial charge in [0.25, 0.3) is 5.91 Å². The summed E-state index contributed by atoms with van der Waals surface area (Å²) in [5, 5.41) is 8.56. The van der Waals surface area contributed by atoms with Crippen molar-refractivity contribution >= 4 is 17.9 Å². The lowest BCUT2D eigenvalue weighted by molar-refractivity contribution is -0.124. The summed E-state index contributed by atoms with van der Waals surface area (Å²) in [5.74, 6) is -0.00842. The highest BCUT2D eigenvalue weighted by molar-refractivity contribution is 5.93. The van der Waals surface area contributed by atoms with Crippen LogP contribution in [0.5, 0.6) is 5.75 Å². The van der Waals surface area contributed by atoms with E-state index in [9.17, 15) is 9.59 Å². The number of ether oxygens (including phenoxy) is 1. The van der Waals surface area contributed by atoms with Gasteiger partial charge in [-0.05, 0) is 42.3 Å². The van der Waals surface area contributed by atoms with Gasteiger partial charge in [0, 0.05) is 25.2 Å². The molecule has 6 heteroatoms. The molecule has 2 aromatic carbocycles. The third-order valence-corrected chi connectivity index (χ3v) is 3.72. The second-order valence-corrected chi connectivity index (χ2v) is 5.67. The number of amides is 2. The Balaban J connectivity index is 1.71. The summed E-state index contributed by atoms with van der Waals surface area (Å²) in [6, 6.07) is 16.1. The summed E-state index contributed by atoms with van der Waals surface area (Å²) in [6.45, 7) is 1.02. The number of carbonyl (C=O) groups excluding carboxylic acids is 2. The van der Waals surface area contributed by atoms with Crippen molar-refractivity contribution in [3.05, 3.63) is 71.8 Å². The smallest absolute Gasteiger partial charge is 0.274 e. The minimum Gasteiger partial charge on any atom is -0.494 e. The number of benzene rings is 2. The Morgan fingerprint density at radius 3 is 2.46 bits per heavy atom. The highest BCUT2D eigenvalue weighted by Gasteiger charge is 2.06. The molecule has 0 spiro atoms.